The van der Waals surface area contributed by atoms with Crippen LogP contribution in [0, 0.1) is 0 Å². The van der Waals surface area contributed by atoms with Crippen molar-refractivity contribution in [2.75, 3.05) is 0 Å². The van der Waals surface area contributed by atoms with Gasteiger partial charge in [-0.2, -0.15) is 0 Å². The highest BCUT2D eigenvalue weighted by atomic mass is 16.1. The molecule has 0 aromatic heterocycles. The molecule has 0 bridgehead atoms. The van der Waals surface area contributed by atoms with E-state index in [2.05, 4.69) is 25.7 Å². The van der Waals surface area contributed by atoms with Gasteiger partial charge >= 0.3 is 0 Å². The molecule has 0 radical (unpaired) electrons. The highest BCUT2D eigenvalue weighted by Crippen LogP contribution is 2.14. The van der Waals surface area contributed by atoms with Gasteiger partial charge in [-0.15, -0.1) is 20.4 Å². The van der Waals surface area contributed by atoms with Crippen molar-refractivity contribution in [2.45, 2.75) is 0 Å². The molecule has 0 saturated heterocycles. The monoisotopic (exact) mass is 135 g/mol. The number of carbonyl (C=O) groups excluding carboxylic acids is 1. The Morgan fingerprint density at radius 1 is 1.20 bits per heavy atom. The Bertz CT molecular complexity index is 310. The number of rotatable bonds is 0. The number of azo groups is 1. The predicted molar refractivity (Wildman–Crippen MR) is 30.2 cm³/mol. The zero-order chi connectivity index (χ0) is 6.97. The van der Waals surface area contributed by atoms with Crippen molar-refractivity contribution >= 4 is 11.7 Å². The average molecular weight is 135 g/mol. The van der Waals surface area contributed by atoms with Crippen molar-refractivity contribution in [1.82, 2.24) is 0 Å². The van der Waals surface area contributed by atoms with E-state index in [1.54, 1.807) is 0 Å². The summed E-state index contributed by atoms with van der Waals surface area (Å²) in [6, 6.07) is 0. The Hall–Kier alpha value is -1.72. The molecule has 2 rings (SSSR count). The molecule has 2 heterocycles. The first-order valence-electron chi connectivity index (χ1n) is 2.53. The summed E-state index contributed by atoms with van der Waals surface area (Å²) in [6.45, 7) is 0. The fraction of sp³-hybridized carbons (Fsp3) is 0. The molecule has 48 valence electrons. The topological polar surface area (TPSA) is 78.9 Å². The van der Waals surface area contributed by atoms with Crippen LogP contribution in [-0.2, 0) is 4.79 Å². The number of carbonyl (C=O) groups is 1. The van der Waals surface area contributed by atoms with E-state index >= 15 is 0 Å². The van der Waals surface area contributed by atoms with Crippen LogP contribution in [-0.4, -0.2) is 11.7 Å². The highest BCUT2D eigenvalue weighted by molar-refractivity contribution is 6.07. The van der Waals surface area contributed by atoms with Crippen LogP contribution in [0.4, 0.5) is 0 Å². The van der Waals surface area contributed by atoms with Crippen molar-refractivity contribution in [3.8, 4) is 0 Å². The van der Waals surface area contributed by atoms with Crippen LogP contribution >= 0.6 is 0 Å². The first-order chi connectivity index (χ1) is 4.86. The summed E-state index contributed by atoms with van der Waals surface area (Å²) in [5.74, 6) is -0.116. The minimum atomic E-state index is -0.421. The Morgan fingerprint density at radius 2 is 2.10 bits per heavy atom. The summed E-state index contributed by atoms with van der Waals surface area (Å²) in [4.78, 5) is 10.5. The maximum Gasteiger partial charge on any atom is 0.290 e. The number of amides is 1. The van der Waals surface area contributed by atoms with Crippen molar-refractivity contribution in [2.24, 2.45) is 25.7 Å². The summed E-state index contributed by atoms with van der Waals surface area (Å²) >= 11 is 0. The van der Waals surface area contributed by atoms with E-state index < -0.39 is 5.91 Å². The lowest BCUT2D eigenvalue weighted by Gasteiger charge is -1.93. The molecule has 0 unspecified atom stereocenters. The van der Waals surface area contributed by atoms with Crippen LogP contribution in [0.5, 0.6) is 0 Å². The molecule has 2 aliphatic heterocycles. The third kappa shape index (κ3) is 0.586. The molecule has 0 spiro atoms. The van der Waals surface area contributed by atoms with Crippen LogP contribution in [0.15, 0.2) is 37.4 Å². The van der Waals surface area contributed by atoms with Gasteiger partial charge in [0.15, 0.2) is 0 Å². The third-order valence-electron chi connectivity index (χ3n) is 1.02. The highest BCUT2D eigenvalue weighted by Gasteiger charge is 2.17. The summed E-state index contributed by atoms with van der Waals surface area (Å²) in [5, 5.41) is 17.0. The normalized spacial score (nSPS) is 20.6. The van der Waals surface area contributed by atoms with Gasteiger partial charge in [0, 0.05) is 6.08 Å². The first-order valence-corrected chi connectivity index (χ1v) is 2.53. The molecule has 0 aliphatic carbocycles. The van der Waals surface area contributed by atoms with Crippen LogP contribution in [0.1, 0.15) is 0 Å². The molecule has 0 aromatic rings. The molecular weight excluding hydrogens is 134 g/mol. The molecule has 0 atom stereocenters. The Labute approximate surface area is 55.1 Å². The number of hydrogen-bond acceptors (Lipinski definition) is 5. The van der Waals surface area contributed by atoms with Gasteiger partial charge in [0.05, 0.1) is 0 Å². The summed E-state index contributed by atoms with van der Waals surface area (Å²) < 4.78 is 0. The second-order valence-electron chi connectivity index (χ2n) is 1.68. The van der Waals surface area contributed by atoms with Crippen molar-refractivity contribution in [1.29, 1.82) is 0 Å². The minimum Gasteiger partial charge on any atom is -0.266 e. The number of nitrogens with zero attached hydrogens (tertiary/aromatic N) is 5. The Balaban J connectivity index is 2.51. The largest absolute Gasteiger partial charge is 0.290 e. The van der Waals surface area contributed by atoms with E-state index in [0.29, 0.717) is 11.5 Å². The van der Waals surface area contributed by atoms with Crippen LogP contribution in [0.3, 0.4) is 0 Å². The minimum absolute atomic E-state index is 0.305. The van der Waals surface area contributed by atoms with Gasteiger partial charge in [0.25, 0.3) is 5.91 Å². The van der Waals surface area contributed by atoms with Gasteiger partial charge in [0.1, 0.15) is 5.70 Å². The summed E-state index contributed by atoms with van der Waals surface area (Å²) in [5.41, 5.74) is 0.389. The first kappa shape index (κ1) is 5.10. The molecule has 6 nitrogen and oxygen atoms in total. The van der Waals surface area contributed by atoms with E-state index in [4.69, 9.17) is 0 Å². The van der Waals surface area contributed by atoms with Crippen LogP contribution in [0.2, 0.25) is 0 Å². The second-order valence-corrected chi connectivity index (χ2v) is 1.68. The van der Waals surface area contributed by atoms with Gasteiger partial charge in [-0.05, 0) is 5.22 Å². The van der Waals surface area contributed by atoms with Gasteiger partial charge in [-0.1, -0.05) is 0 Å². The lowest BCUT2D eigenvalue weighted by molar-refractivity contribution is -0.113. The Kier molecular flexibility index (Phi) is 0.830. The van der Waals surface area contributed by atoms with Crippen molar-refractivity contribution < 1.29 is 4.79 Å². The van der Waals surface area contributed by atoms with Gasteiger partial charge < -0.3 is 0 Å². The molecule has 0 aromatic carbocycles. The predicted octanol–water partition coefficient (Wildman–Crippen LogP) is 0.642. The molecule has 6 heteroatoms. The Morgan fingerprint density at radius 3 is 3.00 bits per heavy atom. The van der Waals surface area contributed by atoms with E-state index in [1.807, 2.05) is 0 Å². The summed E-state index contributed by atoms with van der Waals surface area (Å²) in [7, 11) is 0. The van der Waals surface area contributed by atoms with E-state index in [0.717, 1.165) is 0 Å². The number of amidine groups is 1. The zero-order valence-corrected chi connectivity index (χ0v) is 4.72. The molecule has 0 saturated carbocycles. The fourth-order valence-electron chi connectivity index (χ4n) is 0.616. The molecule has 1 amide bonds. The van der Waals surface area contributed by atoms with Crippen molar-refractivity contribution in [3.05, 3.63) is 11.8 Å². The number of hydrogen-bond donors (Lipinski definition) is 0. The maximum absolute atomic E-state index is 10.5. The van der Waals surface area contributed by atoms with Crippen LogP contribution in [0.25, 0.3) is 0 Å². The molecule has 2 aliphatic rings. The molecule has 0 N–H and O–H groups in total. The average Bonchev–Trinajstić information content (AvgIpc) is 2.33. The summed E-state index contributed by atoms with van der Waals surface area (Å²) in [6.07, 6.45) is 1.24. The van der Waals surface area contributed by atoms with E-state index in [1.165, 1.54) is 6.08 Å². The second kappa shape index (κ2) is 1.63. The molecule has 10 heavy (non-hydrogen) atoms. The third-order valence-corrected chi connectivity index (χ3v) is 1.02. The standard InChI is InChI=1S/C4HN5O/c10-3-1-2-4(7-6-3)8-9-5-2/h1H. The maximum atomic E-state index is 10.5. The zero-order valence-electron chi connectivity index (χ0n) is 4.72. The van der Waals surface area contributed by atoms with E-state index in [9.17, 15) is 4.79 Å². The van der Waals surface area contributed by atoms with Gasteiger partial charge in [-0.3, -0.25) is 4.79 Å². The quantitative estimate of drug-likeness (QED) is 0.480. The molecular formula is C4HN5O. The fourth-order valence-corrected chi connectivity index (χ4v) is 0.616. The van der Waals surface area contributed by atoms with Crippen LogP contribution < -0.4 is 0 Å². The SMILES string of the molecule is O=C1C=C2N=NN=C2N=N1. The number of fused-ring (bicyclic) bond motifs is 1. The van der Waals surface area contributed by atoms with Crippen molar-refractivity contribution in [3.63, 3.8) is 0 Å². The lowest BCUT2D eigenvalue weighted by atomic mass is 10.3. The lowest BCUT2D eigenvalue weighted by Crippen LogP contribution is -2.02. The van der Waals surface area contributed by atoms with E-state index in [-0.39, 0.29) is 0 Å². The smallest absolute Gasteiger partial charge is 0.266 e. The van der Waals surface area contributed by atoms with Gasteiger partial charge in [0.2, 0.25) is 5.84 Å². The van der Waals surface area contributed by atoms with Gasteiger partial charge in [-0.25, -0.2) is 0 Å². The molecule has 0 fully saturated rings.